The molecule has 3 heterocycles. The van der Waals surface area contributed by atoms with Crippen molar-refractivity contribution < 1.29 is 19.4 Å². The largest absolute Gasteiger partial charge is 0.481 e. The van der Waals surface area contributed by atoms with Crippen molar-refractivity contribution in [1.29, 1.82) is 0 Å². The summed E-state index contributed by atoms with van der Waals surface area (Å²) >= 11 is 1.41. The summed E-state index contributed by atoms with van der Waals surface area (Å²) in [7, 11) is 0. The van der Waals surface area contributed by atoms with Crippen LogP contribution in [0.1, 0.15) is 43.0 Å². The number of hydrogen-bond acceptors (Lipinski definition) is 5. The number of ether oxygens (including phenoxy) is 1. The fraction of sp³-hybridized carbons (Fsp3) is 0.500. The molecule has 154 valence electrons. The third-order valence-corrected chi connectivity index (χ3v) is 6.82. The first-order chi connectivity index (χ1) is 14.0. The molecule has 1 aromatic carbocycles. The predicted molar refractivity (Wildman–Crippen MR) is 112 cm³/mol. The van der Waals surface area contributed by atoms with Crippen LogP contribution in [0.5, 0.6) is 0 Å². The molecule has 29 heavy (non-hydrogen) atoms. The number of amides is 1. The summed E-state index contributed by atoms with van der Waals surface area (Å²) in [4.78, 5) is 30.1. The molecule has 1 amide bonds. The standard InChI is InChI=1S/C22H26N2O4S/c1-3-4-5-13-6-8-14(9-7-13)19-12(2)29-22(23-19)24-20(25)17-15-10-11-16(28-15)18(17)21(26)27/h6-9,15-18H,3-5,10-11H2,1-2H3,(H,26,27)(H,23,24,25)/t15-,16-,17+,18-/m0/s1. The minimum atomic E-state index is -0.962. The Morgan fingerprint density at radius 1 is 1.21 bits per heavy atom. The Hall–Kier alpha value is -2.25. The SMILES string of the molecule is CCCCc1ccc(-c2nc(NC(=O)[C@H]3[C@@H](C(=O)O)[C@@H]4CC[C@@H]3O4)sc2C)cc1. The van der Waals surface area contributed by atoms with Gasteiger partial charge < -0.3 is 15.2 Å². The van der Waals surface area contributed by atoms with E-state index in [9.17, 15) is 14.7 Å². The molecule has 0 saturated carbocycles. The van der Waals surface area contributed by atoms with Gasteiger partial charge in [-0.15, -0.1) is 11.3 Å². The Labute approximate surface area is 174 Å². The van der Waals surface area contributed by atoms with Crippen molar-refractivity contribution >= 4 is 28.3 Å². The van der Waals surface area contributed by atoms with Gasteiger partial charge in [0.25, 0.3) is 0 Å². The number of carboxylic acids is 1. The van der Waals surface area contributed by atoms with Gasteiger partial charge in [-0.1, -0.05) is 37.6 Å². The molecule has 2 aromatic rings. The van der Waals surface area contributed by atoms with Crippen molar-refractivity contribution in [2.75, 3.05) is 5.32 Å². The molecule has 4 rings (SSSR count). The molecule has 2 fully saturated rings. The number of nitrogens with one attached hydrogen (secondary N) is 1. The van der Waals surface area contributed by atoms with Gasteiger partial charge in [-0.05, 0) is 38.2 Å². The van der Waals surface area contributed by atoms with Crippen molar-refractivity contribution in [2.24, 2.45) is 11.8 Å². The van der Waals surface area contributed by atoms with Crippen LogP contribution in [0.25, 0.3) is 11.3 Å². The Morgan fingerprint density at radius 2 is 1.90 bits per heavy atom. The third kappa shape index (κ3) is 3.94. The van der Waals surface area contributed by atoms with Crippen molar-refractivity contribution in [1.82, 2.24) is 4.98 Å². The molecule has 0 aliphatic carbocycles. The number of aryl methyl sites for hydroxylation is 2. The van der Waals surface area contributed by atoms with Crippen molar-refractivity contribution in [3.05, 3.63) is 34.7 Å². The lowest BCUT2D eigenvalue weighted by molar-refractivity contribution is -0.147. The summed E-state index contributed by atoms with van der Waals surface area (Å²) in [6.07, 6.45) is 4.20. The van der Waals surface area contributed by atoms with E-state index in [1.807, 2.05) is 6.92 Å². The van der Waals surface area contributed by atoms with Gasteiger partial charge in [0.15, 0.2) is 5.13 Å². The Kier molecular flexibility index (Phi) is 5.69. The van der Waals surface area contributed by atoms with Crippen LogP contribution in [0.2, 0.25) is 0 Å². The molecule has 0 spiro atoms. The van der Waals surface area contributed by atoms with Gasteiger partial charge in [0.1, 0.15) is 0 Å². The second-order valence-electron chi connectivity index (χ2n) is 7.89. The molecule has 4 atom stereocenters. The third-order valence-electron chi connectivity index (χ3n) is 5.93. The second kappa shape index (κ2) is 8.24. The first kappa shape index (κ1) is 20.0. The summed E-state index contributed by atoms with van der Waals surface area (Å²) in [6, 6.07) is 8.41. The number of aliphatic carboxylic acids is 1. The van der Waals surface area contributed by atoms with Crippen LogP contribution >= 0.6 is 11.3 Å². The van der Waals surface area contributed by atoms with Gasteiger partial charge in [-0.2, -0.15) is 0 Å². The maximum absolute atomic E-state index is 12.8. The number of unbranched alkanes of at least 4 members (excludes halogenated alkanes) is 1. The highest BCUT2D eigenvalue weighted by atomic mass is 32.1. The zero-order valence-corrected chi connectivity index (χ0v) is 17.5. The van der Waals surface area contributed by atoms with Crippen LogP contribution in [0.4, 0.5) is 5.13 Å². The zero-order valence-electron chi connectivity index (χ0n) is 16.7. The van der Waals surface area contributed by atoms with Crippen LogP contribution in [0.15, 0.2) is 24.3 Å². The molecule has 2 aliphatic heterocycles. The van der Waals surface area contributed by atoms with E-state index < -0.39 is 17.8 Å². The van der Waals surface area contributed by atoms with Crippen LogP contribution in [-0.2, 0) is 20.7 Å². The number of carbonyl (C=O) groups is 2. The Balaban J connectivity index is 1.48. The number of nitrogens with zero attached hydrogens (tertiary/aromatic N) is 1. The van der Waals surface area contributed by atoms with Gasteiger partial charge in [0.05, 0.1) is 29.7 Å². The highest BCUT2D eigenvalue weighted by Crippen LogP contribution is 2.44. The van der Waals surface area contributed by atoms with Crippen LogP contribution < -0.4 is 5.32 Å². The van der Waals surface area contributed by atoms with Gasteiger partial charge >= 0.3 is 5.97 Å². The molecule has 2 bridgehead atoms. The summed E-state index contributed by atoms with van der Waals surface area (Å²) in [6.45, 7) is 4.17. The lowest BCUT2D eigenvalue weighted by Gasteiger charge is -2.23. The second-order valence-corrected chi connectivity index (χ2v) is 9.10. The van der Waals surface area contributed by atoms with E-state index in [-0.39, 0.29) is 18.1 Å². The number of carbonyl (C=O) groups excluding carboxylic acids is 1. The van der Waals surface area contributed by atoms with Crippen molar-refractivity contribution in [3.8, 4) is 11.3 Å². The number of anilines is 1. The summed E-state index contributed by atoms with van der Waals surface area (Å²) < 4.78 is 5.70. The van der Waals surface area contributed by atoms with E-state index in [2.05, 4.69) is 41.5 Å². The summed E-state index contributed by atoms with van der Waals surface area (Å²) in [5.41, 5.74) is 3.19. The van der Waals surface area contributed by atoms with Gasteiger partial charge in [-0.25, -0.2) is 4.98 Å². The van der Waals surface area contributed by atoms with Crippen molar-refractivity contribution in [2.45, 2.75) is 58.2 Å². The van der Waals surface area contributed by atoms with E-state index in [1.54, 1.807) is 0 Å². The number of benzene rings is 1. The fourth-order valence-electron chi connectivity index (χ4n) is 4.44. The number of aromatic nitrogens is 1. The average molecular weight is 415 g/mol. The Morgan fingerprint density at radius 3 is 2.55 bits per heavy atom. The maximum atomic E-state index is 12.8. The van der Waals surface area contributed by atoms with E-state index in [4.69, 9.17) is 4.74 Å². The first-order valence-corrected chi connectivity index (χ1v) is 11.1. The van der Waals surface area contributed by atoms with E-state index >= 15 is 0 Å². The number of carboxylic acid groups (broad SMARTS) is 1. The molecular formula is C22H26N2O4S. The highest BCUT2D eigenvalue weighted by molar-refractivity contribution is 7.16. The lowest BCUT2D eigenvalue weighted by atomic mass is 9.79. The van der Waals surface area contributed by atoms with Crippen LogP contribution in [0.3, 0.4) is 0 Å². The number of rotatable bonds is 7. The molecular weight excluding hydrogens is 388 g/mol. The quantitative estimate of drug-likeness (QED) is 0.706. The van der Waals surface area contributed by atoms with Crippen LogP contribution in [-0.4, -0.2) is 34.2 Å². The molecule has 7 heteroatoms. The minimum Gasteiger partial charge on any atom is -0.481 e. The molecule has 2 saturated heterocycles. The lowest BCUT2D eigenvalue weighted by Crippen LogP contribution is -2.40. The predicted octanol–water partition coefficient (Wildman–Crippen LogP) is 4.28. The highest BCUT2D eigenvalue weighted by Gasteiger charge is 2.55. The minimum absolute atomic E-state index is 0.306. The normalized spacial score (nSPS) is 25.3. The van der Waals surface area contributed by atoms with Crippen molar-refractivity contribution in [3.63, 3.8) is 0 Å². The smallest absolute Gasteiger partial charge is 0.310 e. The van der Waals surface area contributed by atoms with E-state index in [0.717, 1.165) is 29.0 Å². The Bertz CT molecular complexity index is 908. The monoisotopic (exact) mass is 414 g/mol. The zero-order chi connectivity index (χ0) is 20.5. The molecule has 2 N–H and O–H groups in total. The summed E-state index contributed by atoms with van der Waals surface area (Å²) in [5.74, 6) is -2.70. The molecule has 0 radical (unpaired) electrons. The fourth-order valence-corrected chi connectivity index (χ4v) is 5.28. The first-order valence-electron chi connectivity index (χ1n) is 10.2. The maximum Gasteiger partial charge on any atom is 0.310 e. The van der Waals surface area contributed by atoms with Gasteiger partial charge in [0.2, 0.25) is 5.91 Å². The molecule has 2 aliphatic rings. The molecule has 6 nitrogen and oxygen atoms in total. The molecule has 1 aromatic heterocycles. The molecule has 0 unspecified atom stereocenters. The summed E-state index contributed by atoms with van der Waals surface area (Å²) in [5, 5.41) is 12.9. The number of thiazole rings is 1. The van der Waals surface area contributed by atoms with E-state index in [0.29, 0.717) is 11.6 Å². The number of fused-ring (bicyclic) bond motifs is 2. The average Bonchev–Trinajstić information content (AvgIpc) is 3.41. The van der Waals surface area contributed by atoms with Gasteiger partial charge in [-0.3, -0.25) is 9.59 Å². The number of hydrogen-bond donors (Lipinski definition) is 2. The topological polar surface area (TPSA) is 88.5 Å². The van der Waals surface area contributed by atoms with Crippen LogP contribution in [0, 0.1) is 18.8 Å². The van der Waals surface area contributed by atoms with E-state index in [1.165, 1.54) is 29.7 Å². The van der Waals surface area contributed by atoms with Gasteiger partial charge in [0, 0.05) is 10.4 Å².